The Morgan fingerprint density at radius 2 is 1.90 bits per heavy atom. The van der Waals surface area contributed by atoms with Crippen molar-refractivity contribution in [2.45, 2.75) is 50.1 Å². The molecule has 1 amide bonds. The molecule has 2 aliphatic carbocycles. The zero-order chi connectivity index (χ0) is 21.7. The molecule has 0 spiro atoms. The number of rotatable bonds is 3. The number of morpholine rings is 1. The SMILES string of the molecule is O=C(C1CC=CC1)N1CCO[C@H]2[C@@H](Oc3ccccn3)CC[C@@H]21.O=C(O)C(F)(F)F. The third kappa shape index (κ3) is 5.29. The van der Waals surface area contributed by atoms with E-state index in [2.05, 4.69) is 17.1 Å². The zero-order valence-corrected chi connectivity index (χ0v) is 16.1. The lowest BCUT2D eigenvalue weighted by atomic mass is 10.0. The standard InChI is InChI=1S/C18H22N2O3.C2HF3O2/c21-18(13-5-1-2-6-13)20-11-12-22-17-14(20)8-9-15(17)23-16-7-3-4-10-19-16;3-2(4,5)1(6)7/h1-4,7,10,13-15,17H,5-6,8-9,11-12H2;(H,6,7)/t14-,15-,17+;/m0./s1. The molecule has 1 aliphatic heterocycles. The molecule has 4 rings (SSSR count). The van der Waals surface area contributed by atoms with Crippen LogP contribution in [-0.4, -0.2) is 64.4 Å². The predicted octanol–water partition coefficient (Wildman–Crippen LogP) is 2.82. The van der Waals surface area contributed by atoms with Crippen molar-refractivity contribution < 1.29 is 37.3 Å². The van der Waals surface area contributed by atoms with Crippen molar-refractivity contribution in [2.75, 3.05) is 13.2 Å². The lowest BCUT2D eigenvalue weighted by Gasteiger charge is -2.40. The largest absolute Gasteiger partial charge is 0.490 e. The van der Waals surface area contributed by atoms with Crippen LogP contribution in [0.5, 0.6) is 5.88 Å². The van der Waals surface area contributed by atoms with E-state index in [1.165, 1.54) is 0 Å². The molecular formula is C20H23F3N2O5. The fourth-order valence-electron chi connectivity index (χ4n) is 3.94. The first-order chi connectivity index (χ1) is 14.3. The average Bonchev–Trinajstić information content (AvgIpc) is 3.38. The molecule has 7 nitrogen and oxygen atoms in total. The maximum Gasteiger partial charge on any atom is 0.490 e. The number of allylic oxidation sites excluding steroid dienone is 2. The summed E-state index contributed by atoms with van der Waals surface area (Å²) in [7, 11) is 0. The Hall–Kier alpha value is -2.62. The van der Waals surface area contributed by atoms with Gasteiger partial charge >= 0.3 is 12.1 Å². The van der Waals surface area contributed by atoms with Gasteiger partial charge in [0.2, 0.25) is 11.8 Å². The number of alkyl halides is 3. The van der Waals surface area contributed by atoms with Gasteiger partial charge in [0.25, 0.3) is 0 Å². The first kappa shape index (κ1) is 22.1. The highest BCUT2D eigenvalue weighted by molar-refractivity contribution is 5.80. The molecule has 2 fully saturated rings. The van der Waals surface area contributed by atoms with Gasteiger partial charge < -0.3 is 19.5 Å². The molecular weight excluding hydrogens is 405 g/mol. The van der Waals surface area contributed by atoms with Crippen molar-refractivity contribution in [3.05, 3.63) is 36.5 Å². The molecule has 1 aromatic rings. The number of pyridine rings is 1. The second-order valence-electron chi connectivity index (χ2n) is 7.28. The van der Waals surface area contributed by atoms with E-state index in [0.717, 1.165) is 25.7 Å². The van der Waals surface area contributed by atoms with Crippen molar-refractivity contribution in [1.82, 2.24) is 9.88 Å². The number of carbonyl (C=O) groups is 2. The molecule has 1 saturated carbocycles. The first-order valence-electron chi connectivity index (χ1n) is 9.72. The molecule has 10 heteroatoms. The van der Waals surface area contributed by atoms with Crippen LogP contribution in [0.25, 0.3) is 0 Å². The molecule has 3 atom stereocenters. The molecule has 1 saturated heterocycles. The molecule has 2 heterocycles. The average molecular weight is 428 g/mol. The summed E-state index contributed by atoms with van der Waals surface area (Å²) >= 11 is 0. The lowest BCUT2D eigenvalue weighted by molar-refractivity contribution is -0.192. The molecule has 30 heavy (non-hydrogen) atoms. The highest BCUT2D eigenvalue weighted by Gasteiger charge is 2.46. The van der Waals surface area contributed by atoms with Crippen molar-refractivity contribution in [2.24, 2.45) is 5.92 Å². The van der Waals surface area contributed by atoms with E-state index in [4.69, 9.17) is 19.4 Å². The molecule has 1 aromatic heterocycles. The highest BCUT2D eigenvalue weighted by Crippen LogP contribution is 2.34. The van der Waals surface area contributed by atoms with Crippen LogP contribution in [0.1, 0.15) is 25.7 Å². The number of carboxylic acid groups (broad SMARTS) is 1. The van der Waals surface area contributed by atoms with Gasteiger partial charge in [0, 0.05) is 24.7 Å². The van der Waals surface area contributed by atoms with Crippen LogP contribution in [-0.2, 0) is 14.3 Å². The fourth-order valence-corrected chi connectivity index (χ4v) is 3.94. The summed E-state index contributed by atoms with van der Waals surface area (Å²) in [6, 6.07) is 5.80. The quantitative estimate of drug-likeness (QED) is 0.745. The van der Waals surface area contributed by atoms with Gasteiger partial charge in [0.05, 0.1) is 12.6 Å². The molecule has 0 aromatic carbocycles. The van der Waals surface area contributed by atoms with Crippen LogP contribution >= 0.6 is 0 Å². The van der Waals surface area contributed by atoms with Crippen LogP contribution in [0.3, 0.4) is 0 Å². The van der Waals surface area contributed by atoms with Gasteiger partial charge in [-0.15, -0.1) is 0 Å². The summed E-state index contributed by atoms with van der Waals surface area (Å²) in [5.74, 6) is -1.71. The molecule has 0 bridgehead atoms. The minimum absolute atomic E-state index is 0.0211. The Kier molecular flexibility index (Phi) is 6.96. The summed E-state index contributed by atoms with van der Waals surface area (Å²) in [5, 5.41) is 7.12. The van der Waals surface area contributed by atoms with Crippen LogP contribution in [0, 0.1) is 5.92 Å². The number of halogens is 3. The summed E-state index contributed by atoms with van der Waals surface area (Å²) in [5.41, 5.74) is 0. The number of aliphatic carboxylic acids is 1. The molecule has 0 unspecified atom stereocenters. The normalized spacial score (nSPS) is 26.0. The van der Waals surface area contributed by atoms with E-state index in [0.29, 0.717) is 19.0 Å². The number of hydrogen-bond acceptors (Lipinski definition) is 5. The Bertz CT molecular complexity index is 763. The predicted molar refractivity (Wildman–Crippen MR) is 98.7 cm³/mol. The minimum Gasteiger partial charge on any atom is -0.475 e. The highest BCUT2D eigenvalue weighted by atomic mass is 19.4. The van der Waals surface area contributed by atoms with Crippen molar-refractivity contribution >= 4 is 11.9 Å². The van der Waals surface area contributed by atoms with Crippen molar-refractivity contribution in [3.8, 4) is 5.88 Å². The van der Waals surface area contributed by atoms with Crippen LogP contribution in [0.15, 0.2) is 36.5 Å². The Balaban J connectivity index is 0.000000318. The second kappa shape index (κ2) is 9.46. The van der Waals surface area contributed by atoms with E-state index >= 15 is 0 Å². The zero-order valence-electron chi connectivity index (χ0n) is 16.1. The van der Waals surface area contributed by atoms with E-state index < -0.39 is 12.1 Å². The van der Waals surface area contributed by atoms with Gasteiger partial charge in [-0.2, -0.15) is 13.2 Å². The minimum atomic E-state index is -5.08. The van der Waals surface area contributed by atoms with Crippen LogP contribution in [0.4, 0.5) is 13.2 Å². The molecule has 164 valence electrons. The Morgan fingerprint density at radius 3 is 2.50 bits per heavy atom. The number of carbonyl (C=O) groups excluding carboxylic acids is 1. The van der Waals surface area contributed by atoms with Gasteiger partial charge in [0.15, 0.2) is 0 Å². The topological polar surface area (TPSA) is 89.0 Å². The van der Waals surface area contributed by atoms with Gasteiger partial charge in [-0.05, 0) is 31.7 Å². The molecule has 3 aliphatic rings. The number of aromatic nitrogens is 1. The van der Waals surface area contributed by atoms with E-state index in [-0.39, 0.29) is 30.1 Å². The smallest absolute Gasteiger partial charge is 0.475 e. The summed E-state index contributed by atoms with van der Waals surface area (Å²) in [6.45, 7) is 1.29. The summed E-state index contributed by atoms with van der Waals surface area (Å²) < 4.78 is 43.7. The maximum atomic E-state index is 12.8. The third-order valence-corrected chi connectivity index (χ3v) is 5.33. The van der Waals surface area contributed by atoms with Gasteiger partial charge in [-0.25, -0.2) is 9.78 Å². The number of hydrogen-bond donors (Lipinski definition) is 1. The van der Waals surface area contributed by atoms with Gasteiger partial charge in [0.1, 0.15) is 12.2 Å². The third-order valence-electron chi connectivity index (χ3n) is 5.33. The fraction of sp³-hybridized carbons (Fsp3) is 0.550. The second-order valence-corrected chi connectivity index (χ2v) is 7.28. The number of fused-ring (bicyclic) bond motifs is 1. The number of carboxylic acids is 1. The van der Waals surface area contributed by atoms with E-state index in [1.807, 2.05) is 23.1 Å². The molecule has 1 N–H and O–H groups in total. The number of nitrogens with zero attached hydrogens (tertiary/aromatic N) is 2. The lowest BCUT2D eigenvalue weighted by Crippen LogP contribution is -2.55. The number of ether oxygens (including phenoxy) is 2. The number of amides is 1. The van der Waals surface area contributed by atoms with Gasteiger partial charge in [-0.1, -0.05) is 18.2 Å². The summed E-state index contributed by atoms with van der Waals surface area (Å²) in [4.78, 5) is 28.0. The Morgan fingerprint density at radius 1 is 1.20 bits per heavy atom. The first-order valence-corrected chi connectivity index (χ1v) is 9.72. The summed E-state index contributed by atoms with van der Waals surface area (Å²) in [6.07, 6.45) is 4.41. The maximum absolute atomic E-state index is 12.8. The van der Waals surface area contributed by atoms with Crippen LogP contribution in [0.2, 0.25) is 0 Å². The van der Waals surface area contributed by atoms with Crippen molar-refractivity contribution in [1.29, 1.82) is 0 Å². The van der Waals surface area contributed by atoms with Gasteiger partial charge in [-0.3, -0.25) is 4.79 Å². The van der Waals surface area contributed by atoms with E-state index in [1.54, 1.807) is 6.20 Å². The van der Waals surface area contributed by atoms with Crippen molar-refractivity contribution in [3.63, 3.8) is 0 Å². The monoisotopic (exact) mass is 428 g/mol. The van der Waals surface area contributed by atoms with Crippen LogP contribution < -0.4 is 4.74 Å². The van der Waals surface area contributed by atoms with E-state index in [9.17, 15) is 18.0 Å². The molecule has 0 radical (unpaired) electrons. The Labute approximate surface area is 171 Å².